The minimum atomic E-state index is -2.07. The number of aliphatic carboxylic acids is 1. The fraction of sp³-hybridized carbons (Fsp3) is 0.667. The molecule has 0 unspecified atom stereocenters. The quantitative estimate of drug-likeness (QED) is 0.256. The fourth-order valence-electron chi connectivity index (χ4n) is 0.615. The zero-order valence-corrected chi connectivity index (χ0v) is 7.33. The van der Waals surface area contributed by atoms with Crippen LogP contribution in [0.4, 0.5) is 0 Å². The van der Waals surface area contributed by atoms with Crippen LogP contribution in [0.25, 0.3) is 0 Å². The van der Waals surface area contributed by atoms with Crippen LogP contribution in [0, 0.1) is 0 Å². The van der Waals surface area contributed by atoms with Gasteiger partial charge in [-0.05, 0) is 0 Å². The molecule has 0 saturated carbocycles. The second kappa shape index (κ2) is 5.18. The van der Waals surface area contributed by atoms with Crippen molar-refractivity contribution < 1.29 is 30.0 Å². The molecule has 0 saturated heterocycles. The van der Waals surface area contributed by atoms with E-state index in [4.69, 9.17) is 20.4 Å². The summed E-state index contributed by atoms with van der Waals surface area (Å²) in [7, 11) is 0. The predicted molar refractivity (Wildman–Crippen MR) is 44.5 cm³/mol. The summed E-state index contributed by atoms with van der Waals surface area (Å²) in [5, 5.41) is 33.5. The van der Waals surface area contributed by atoms with Gasteiger partial charge in [-0.1, -0.05) is 0 Å². The van der Waals surface area contributed by atoms with E-state index in [1.807, 2.05) is 0 Å². The number of hydrogen-bond donors (Lipinski definition) is 5. The van der Waals surface area contributed by atoms with Gasteiger partial charge in [-0.2, -0.15) is 12.6 Å². The Kier molecular flexibility index (Phi) is 4.92. The van der Waals surface area contributed by atoms with E-state index >= 15 is 0 Å². The minimum absolute atomic E-state index is 0.0927. The van der Waals surface area contributed by atoms with Gasteiger partial charge in [0.25, 0.3) is 0 Å². The van der Waals surface area contributed by atoms with Gasteiger partial charge in [-0.3, -0.25) is 0 Å². The summed E-state index contributed by atoms with van der Waals surface area (Å²) < 4.78 is 0. The molecular weight excluding hydrogens is 200 g/mol. The second-order valence-electron chi connectivity index (χ2n) is 2.39. The van der Waals surface area contributed by atoms with Gasteiger partial charge in [0.1, 0.15) is 18.5 Å². The smallest absolute Gasteiger partial charge is 0.335 e. The van der Waals surface area contributed by atoms with Gasteiger partial charge < -0.3 is 25.2 Å². The van der Waals surface area contributed by atoms with Gasteiger partial charge in [0.15, 0.2) is 6.10 Å². The van der Waals surface area contributed by atoms with Crippen LogP contribution in [0.5, 0.6) is 0 Å². The maximum atomic E-state index is 10.1. The monoisotopic (exact) mass is 210 g/mol. The summed E-state index contributed by atoms with van der Waals surface area (Å²) in [4.78, 5) is 20.1. The summed E-state index contributed by atoms with van der Waals surface area (Å²) in [5.74, 6) is -1.65. The number of carboxylic acids is 1. The average molecular weight is 210 g/mol. The molecule has 0 aliphatic heterocycles. The van der Waals surface area contributed by atoms with Gasteiger partial charge in [0.2, 0.25) is 0 Å². The van der Waals surface area contributed by atoms with Gasteiger partial charge in [0.05, 0.1) is 5.25 Å². The number of carbonyl (C=O) groups is 2. The first-order valence-corrected chi connectivity index (χ1v) is 3.83. The molecule has 0 aliphatic rings. The van der Waals surface area contributed by atoms with E-state index in [0.29, 0.717) is 0 Å². The van der Waals surface area contributed by atoms with E-state index < -0.39 is 29.5 Å². The average Bonchev–Trinajstić information content (AvgIpc) is 2.12. The number of hydrogen-bond acceptors (Lipinski definition) is 6. The number of aliphatic hydroxyl groups is 3. The highest BCUT2D eigenvalue weighted by Crippen LogP contribution is 2.10. The molecule has 0 aromatic carbocycles. The summed E-state index contributed by atoms with van der Waals surface area (Å²) in [5.41, 5.74) is 0. The molecule has 4 N–H and O–H groups in total. The number of aliphatic hydroxyl groups excluding tert-OH is 3. The molecule has 0 amide bonds. The molecule has 4 atom stereocenters. The zero-order valence-electron chi connectivity index (χ0n) is 6.44. The molecule has 0 spiro atoms. The number of thiol groups is 1. The van der Waals surface area contributed by atoms with Crippen LogP contribution >= 0.6 is 12.6 Å². The van der Waals surface area contributed by atoms with Crippen molar-refractivity contribution in [3.05, 3.63) is 0 Å². The van der Waals surface area contributed by atoms with Crippen molar-refractivity contribution in [1.82, 2.24) is 0 Å². The Bertz CT molecular complexity index is 196. The summed E-state index contributed by atoms with van der Waals surface area (Å²) in [6.45, 7) is 0. The first-order chi connectivity index (χ1) is 5.91. The van der Waals surface area contributed by atoms with E-state index in [1.54, 1.807) is 0 Å². The molecule has 0 heterocycles. The van der Waals surface area contributed by atoms with Crippen LogP contribution in [-0.2, 0) is 9.59 Å². The molecule has 6 nitrogen and oxygen atoms in total. The van der Waals surface area contributed by atoms with Crippen molar-refractivity contribution >= 4 is 24.9 Å². The van der Waals surface area contributed by atoms with Crippen molar-refractivity contribution in [2.75, 3.05) is 0 Å². The van der Waals surface area contributed by atoms with E-state index in [2.05, 4.69) is 12.6 Å². The van der Waals surface area contributed by atoms with Crippen LogP contribution in [0.2, 0.25) is 0 Å². The number of rotatable bonds is 5. The first kappa shape index (κ1) is 12.4. The highest BCUT2D eigenvalue weighted by Gasteiger charge is 2.33. The van der Waals surface area contributed by atoms with E-state index in [9.17, 15) is 9.59 Å². The maximum absolute atomic E-state index is 10.1. The Morgan fingerprint density at radius 3 is 2.08 bits per heavy atom. The molecule has 0 aromatic heterocycles. The number of carboxylic acid groups (broad SMARTS) is 1. The topological polar surface area (TPSA) is 115 Å². The summed E-state index contributed by atoms with van der Waals surface area (Å²) >= 11 is 3.58. The molecule has 0 radical (unpaired) electrons. The lowest BCUT2D eigenvalue weighted by molar-refractivity contribution is -0.153. The molecule has 76 valence electrons. The van der Waals surface area contributed by atoms with Crippen LogP contribution in [0.15, 0.2) is 0 Å². The zero-order chi connectivity index (χ0) is 10.6. The molecule has 0 aromatic rings. The van der Waals surface area contributed by atoms with Crippen LogP contribution in [0.3, 0.4) is 0 Å². The predicted octanol–water partition coefficient (Wildman–Crippen LogP) is -2.35. The maximum Gasteiger partial charge on any atom is 0.335 e. The molecule has 0 bridgehead atoms. The highest BCUT2D eigenvalue weighted by molar-refractivity contribution is 7.81. The van der Waals surface area contributed by atoms with Crippen molar-refractivity contribution in [1.29, 1.82) is 0 Å². The third kappa shape index (κ3) is 3.31. The van der Waals surface area contributed by atoms with E-state index in [1.165, 1.54) is 0 Å². The third-order valence-electron chi connectivity index (χ3n) is 1.42. The van der Waals surface area contributed by atoms with E-state index in [-0.39, 0.29) is 6.29 Å². The lowest BCUT2D eigenvalue weighted by Crippen LogP contribution is -2.45. The van der Waals surface area contributed by atoms with Crippen LogP contribution in [-0.4, -0.2) is 56.2 Å². The lowest BCUT2D eigenvalue weighted by Gasteiger charge is -2.21. The normalized spacial score (nSPS) is 20.0. The first-order valence-electron chi connectivity index (χ1n) is 3.32. The highest BCUT2D eigenvalue weighted by atomic mass is 32.1. The lowest BCUT2D eigenvalue weighted by atomic mass is 10.1. The molecule has 0 rings (SSSR count). The van der Waals surface area contributed by atoms with Gasteiger partial charge in [-0.25, -0.2) is 4.79 Å². The molecular formula is C6H10O6S. The molecule has 0 aliphatic carbocycles. The molecule has 7 heteroatoms. The SMILES string of the molecule is O=C[C@H](O)[C@@H](S)[C@H](O)[C@H](O)C(=O)O. The standard InChI is InChI=1S/C6H10O6S/c7-1-2(8)5(13)3(9)4(10)6(11)12/h1-5,8-10,13H,(H,11,12)/t2-,3+,4-,5+/m0/s1. The van der Waals surface area contributed by atoms with Crippen LogP contribution < -0.4 is 0 Å². The van der Waals surface area contributed by atoms with Gasteiger partial charge >= 0.3 is 5.97 Å². The Balaban J connectivity index is 4.32. The van der Waals surface area contributed by atoms with E-state index in [0.717, 1.165) is 0 Å². The summed E-state index contributed by atoms with van der Waals surface area (Å²) in [6.07, 6.45) is -5.40. The van der Waals surface area contributed by atoms with Gasteiger partial charge in [0, 0.05) is 0 Å². The van der Waals surface area contributed by atoms with Crippen molar-refractivity contribution in [3.63, 3.8) is 0 Å². The third-order valence-corrected chi connectivity index (χ3v) is 2.03. The Morgan fingerprint density at radius 2 is 1.77 bits per heavy atom. The van der Waals surface area contributed by atoms with Crippen molar-refractivity contribution in [2.24, 2.45) is 0 Å². The molecule has 0 fully saturated rings. The van der Waals surface area contributed by atoms with Crippen molar-refractivity contribution in [2.45, 2.75) is 23.6 Å². The van der Waals surface area contributed by atoms with Gasteiger partial charge in [-0.15, -0.1) is 0 Å². The molecule has 13 heavy (non-hydrogen) atoms. The largest absolute Gasteiger partial charge is 0.479 e. The second-order valence-corrected chi connectivity index (χ2v) is 2.99. The Morgan fingerprint density at radius 1 is 1.31 bits per heavy atom. The number of aldehydes is 1. The Labute approximate surface area is 79.2 Å². The Hall–Kier alpha value is -0.630. The fourth-order valence-corrected chi connectivity index (χ4v) is 0.849. The van der Waals surface area contributed by atoms with Crippen LogP contribution in [0.1, 0.15) is 0 Å². The minimum Gasteiger partial charge on any atom is -0.479 e. The van der Waals surface area contributed by atoms with Crippen molar-refractivity contribution in [3.8, 4) is 0 Å². The number of carbonyl (C=O) groups excluding carboxylic acids is 1. The summed E-state index contributed by atoms with van der Waals surface area (Å²) in [6, 6.07) is 0.